The van der Waals surface area contributed by atoms with Crippen LogP contribution in [0.15, 0.2) is 40.3 Å². The van der Waals surface area contributed by atoms with Crippen molar-refractivity contribution in [3.05, 3.63) is 58.0 Å². The first-order chi connectivity index (χ1) is 8.97. The van der Waals surface area contributed by atoms with Crippen LogP contribution in [0.3, 0.4) is 0 Å². The molecule has 0 aliphatic heterocycles. The van der Waals surface area contributed by atoms with Gasteiger partial charge < -0.3 is 0 Å². The second-order valence-electron chi connectivity index (χ2n) is 3.40. The zero-order valence-electron chi connectivity index (χ0n) is 9.14. The van der Waals surface area contributed by atoms with E-state index in [0.29, 0.717) is 11.0 Å². The van der Waals surface area contributed by atoms with Crippen molar-refractivity contribution >= 4 is 17.4 Å². The summed E-state index contributed by atoms with van der Waals surface area (Å²) in [5.74, 6) is -3.77. The monoisotopic (exact) mass is 286 g/mol. The van der Waals surface area contributed by atoms with E-state index < -0.39 is 22.5 Å². The third kappa shape index (κ3) is 3.02. The van der Waals surface area contributed by atoms with Crippen LogP contribution in [0, 0.1) is 27.7 Å². The van der Waals surface area contributed by atoms with Crippen molar-refractivity contribution in [1.29, 1.82) is 0 Å². The summed E-state index contributed by atoms with van der Waals surface area (Å²) in [6, 6.07) is 5.58. The zero-order valence-corrected chi connectivity index (χ0v) is 9.96. The van der Waals surface area contributed by atoms with Gasteiger partial charge >= 0.3 is 0 Å². The topological polar surface area (TPSA) is 56.0 Å². The molecule has 0 unspecified atom stereocenters. The Bertz CT molecular complexity index is 635. The fourth-order valence-electron chi connectivity index (χ4n) is 1.25. The molecule has 0 saturated heterocycles. The Morgan fingerprint density at radius 3 is 2.32 bits per heavy atom. The molecular weight excluding hydrogens is 281 g/mol. The average molecular weight is 286 g/mol. The molecule has 0 atom stereocenters. The molecule has 0 N–H and O–H groups in total. The molecular formula is C11H5F3N2O2S. The molecule has 1 aromatic heterocycles. The summed E-state index contributed by atoms with van der Waals surface area (Å²) in [6.45, 7) is 0. The number of rotatable bonds is 3. The lowest BCUT2D eigenvalue weighted by Gasteiger charge is -2.02. The van der Waals surface area contributed by atoms with Crippen LogP contribution in [-0.4, -0.2) is 9.91 Å². The smallest absolute Gasteiger partial charge is 0.258 e. The zero-order chi connectivity index (χ0) is 14.0. The normalized spacial score (nSPS) is 10.5. The average Bonchev–Trinajstić information content (AvgIpc) is 2.36. The number of nitro benzene ring substituents is 1. The predicted molar refractivity (Wildman–Crippen MR) is 61.3 cm³/mol. The van der Waals surface area contributed by atoms with Gasteiger partial charge in [0, 0.05) is 23.1 Å². The van der Waals surface area contributed by atoms with Crippen LogP contribution < -0.4 is 0 Å². The molecule has 1 heterocycles. The predicted octanol–water partition coefficient (Wildman–Crippen LogP) is 3.56. The number of aromatic nitrogens is 1. The first-order valence-electron chi connectivity index (χ1n) is 4.91. The molecule has 2 aromatic rings. The Morgan fingerprint density at radius 2 is 1.74 bits per heavy atom. The molecule has 0 spiro atoms. The lowest BCUT2D eigenvalue weighted by molar-refractivity contribution is -0.384. The van der Waals surface area contributed by atoms with Gasteiger partial charge in [0.1, 0.15) is 5.03 Å². The van der Waals surface area contributed by atoms with Crippen molar-refractivity contribution in [1.82, 2.24) is 4.98 Å². The Balaban J connectivity index is 2.26. The van der Waals surface area contributed by atoms with Crippen molar-refractivity contribution in [2.45, 2.75) is 9.92 Å². The van der Waals surface area contributed by atoms with E-state index in [1.54, 1.807) is 0 Å². The highest BCUT2D eigenvalue weighted by Crippen LogP contribution is 2.30. The van der Waals surface area contributed by atoms with E-state index in [4.69, 9.17) is 0 Å². The van der Waals surface area contributed by atoms with Crippen molar-refractivity contribution < 1.29 is 18.1 Å². The van der Waals surface area contributed by atoms with E-state index in [1.165, 1.54) is 24.3 Å². The van der Waals surface area contributed by atoms with Gasteiger partial charge in [0.15, 0.2) is 11.6 Å². The molecule has 0 amide bonds. The Morgan fingerprint density at radius 1 is 1.11 bits per heavy atom. The first-order valence-corrected chi connectivity index (χ1v) is 5.73. The summed E-state index contributed by atoms with van der Waals surface area (Å²) in [5.41, 5.74) is -0.122. The van der Waals surface area contributed by atoms with E-state index in [0.717, 1.165) is 11.8 Å². The molecule has 0 saturated carbocycles. The second-order valence-corrected chi connectivity index (χ2v) is 4.46. The maximum Gasteiger partial charge on any atom is 0.269 e. The van der Waals surface area contributed by atoms with Crippen LogP contribution >= 0.6 is 11.8 Å². The Kier molecular flexibility index (Phi) is 3.70. The van der Waals surface area contributed by atoms with Gasteiger partial charge in [-0.25, -0.2) is 13.8 Å². The standard InChI is InChI=1S/C11H5F3N2O2S/c12-8-5-9(13)11(15-10(8)14)19-7-3-1-6(2-4-7)16(17)18/h1-5H. The van der Waals surface area contributed by atoms with Crippen LogP contribution in [0.25, 0.3) is 0 Å². The Labute approximate surface area is 109 Å². The van der Waals surface area contributed by atoms with Crippen LogP contribution in [0.4, 0.5) is 18.9 Å². The largest absolute Gasteiger partial charge is 0.269 e. The molecule has 98 valence electrons. The summed E-state index contributed by atoms with van der Waals surface area (Å²) in [7, 11) is 0. The van der Waals surface area contributed by atoms with E-state index in [-0.39, 0.29) is 10.7 Å². The summed E-state index contributed by atoms with van der Waals surface area (Å²) < 4.78 is 38.9. The molecule has 0 bridgehead atoms. The minimum atomic E-state index is -1.40. The molecule has 0 aliphatic carbocycles. The van der Waals surface area contributed by atoms with Crippen LogP contribution in [-0.2, 0) is 0 Å². The SMILES string of the molecule is O=[N+]([O-])c1ccc(Sc2nc(F)c(F)cc2F)cc1. The quantitative estimate of drug-likeness (QED) is 0.492. The van der Waals surface area contributed by atoms with Gasteiger partial charge in [-0.1, -0.05) is 11.8 Å². The number of hydrogen-bond acceptors (Lipinski definition) is 4. The van der Waals surface area contributed by atoms with E-state index in [2.05, 4.69) is 4.98 Å². The van der Waals surface area contributed by atoms with Crippen molar-refractivity contribution in [2.24, 2.45) is 0 Å². The van der Waals surface area contributed by atoms with Gasteiger partial charge in [-0.05, 0) is 12.1 Å². The minimum absolute atomic E-state index is 0.122. The number of nitro groups is 1. The lowest BCUT2D eigenvalue weighted by atomic mass is 10.3. The molecule has 4 nitrogen and oxygen atoms in total. The van der Waals surface area contributed by atoms with Crippen molar-refractivity contribution in [3.63, 3.8) is 0 Å². The molecule has 0 fully saturated rings. The Hall–Kier alpha value is -2.09. The molecule has 8 heteroatoms. The van der Waals surface area contributed by atoms with Gasteiger partial charge in [-0.15, -0.1) is 0 Å². The molecule has 0 aliphatic rings. The summed E-state index contributed by atoms with van der Waals surface area (Å²) in [6.07, 6.45) is 0. The van der Waals surface area contributed by atoms with Crippen LogP contribution in [0.5, 0.6) is 0 Å². The lowest BCUT2D eigenvalue weighted by Crippen LogP contribution is -1.95. The number of benzene rings is 1. The highest BCUT2D eigenvalue weighted by Gasteiger charge is 2.13. The van der Waals surface area contributed by atoms with Gasteiger partial charge in [-0.3, -0.25) is 10.1 Å². The molecule has 1 aromatic carbocycles. The number of nitrogens with zero attached hydrogens (tertiary/aromatic N) is 2. The molecule has 0 radical (unpaired) electrons. The van der Waals surface area contributed by atoms with Gasteiger partial charge in [-0.2, -0.15) is 4.39 Å². The molecule has 2 rings (SSSR count). The third-order valence-electron chi connectivity index (χ3n) is 2.12. The maximum atomic E-state index is 13.3. The van der Waals surface area contributed by atoms with E-state index in [1.807, 2.05) is 0 Å². The number of non-ortho nitro benzene ring substituents is 1. The number of hydrogen-bond donors (Lipinski definition) is 0. The number of halogens is 3. The van der Waals surface area contributed by atoms with Gasteiger partial charge in [0.05, 0.1) is 4.92 Å². The second kappa shape index (κ2) is 5.27. The van der Waals surface area contributed by atoms with E-state index >= 15 is 0 Å². The fourth-order valence-corrected chi connectivity index (χ4v) is 2.03. The minimum Gasteiger partial charge on any atom is -0.258 e. The summed E-state index contributed by atoms with van der Waals surface area (Å²) in [4.78, 5) is 13.4. The van der Waals surface area contributed by atoms with Gasteiger partial charge in [0.25, 0.3) is 5.69 Å². The maximum absolute atomic E-state index is 13.3. The van der Waals surface area contributed by atoms with Gasteiger partial charge in [0.2, 0.25) is 5.95 Å². The van der Waals surface area contributed by atoms with Crippen molar-refractivity contribution in [2.75, 3.05) is 0 Å². The van der Waals surface area contributed by atoms with Crippen LogP contribution in [0.2, 0.25) is 0 Å². The third-order valence-corrected chi connectivity index (χ3v) is 3.10. The summed E-state index contributed by atoms with van der Waals surface area (Å²) in [5, 5.41) is 10.1. The summed E-state index contributed by atoms with van der Waals surface area (Å²) >= 11 is 0.742. The van der Waals surface area contributed by atoms with Crippen molar-refractivity contribution in [3.8, 4) is 0 Å². The molecule has 19 heavy (non-hydrogen) atoms. The number of pyridine rings is 1. The highest BCUT2D eigenvalue weighted by molar-refractivity contribution is 7.99. The van der Waals surface area contributed by atoms with E-state index in [9.17, 15) is 23.3 Å². The fraction of sp³-hybridized carbons (Fsp3) is 0. The first kappa shape index (κ1) is 13.3. The highest BCUT2D eigenvalue weighted by atomic mass is 32.2. The van der Waals surface area contributed by atoms with Crippen LogP contribution in [0.1, 0.15) is 0 Å².